The third-order valence-electron chi connectivity index (χ3n) is 3.34. The van der Waals surface area contributed by atoms with E-state index in [9.17, 15) is 13.9 Å². The van der Waals surface area contributed by atoms with E-state index in [0.717, 1.165) is 19.0 Å². The molecule has 6 heteroatoms. The summed E-state index contributed by atoms with van der Waals surface area (Å²) in [6, 6.07) is 2.33. The van der Waals surface area contributed by atoms with E-state index in [4.69, 9.17) is 11.6 Å². The van der Waals surface area contributed by atoms with Gasteiger partial charge in [-0.2, -0.15) is 0 Å². The van der Waals surface area contributed by atoms with Gasteiger partial charge in [0.2, 0.25) is 0 Å². The minimum atomic E-state index is -0.857. The number of piperidine rings is 1. The van der Waals surface area contributed by atoms with Crippen molar-refractivity contribution in [3.05, 3.63) is 34.4 Å². The lowest BCUT2D eigenvalue weighted by Gasteiger charge is -2.32. The molecular formula is C13H17ClF2N2O. The first-order valence-corrected chi connectivity index (χ1v) is 6.66. The maximum atomic E-state index is 13.6. The quantitative estimate of drug-likeness (QED) is 0.741. The molecule has 3 nitrogen and oxygen atoms in total. The molecule has 1 heterocycles. The number of rotatable bonds is 4. The Morgan fingerprint density at radius 1 is 1.42 bits per heavy atom. The number of hydrogen-bond acceptors (Lipinski definition) is 3. The summed E-state index contributed by atoms with van der Waals surface area (Å²) in [6.45, 7) is 1.66. The van der Waals surface area contributed by atoms with Gasteiger partial charge in [-0.15, -0.1) is 0 Å². The van der Waals surface area contributed by atoms with Crippen LogP contribution in [-0.2, 0) is 6.54 Å². The zero-order chi connectivity index (χ0) is 13.9. The molecule has 1 aromatic rings. The van der Waals surface area contributed by atoms with Gasteiger partial charge in [0.1, 0.15) is 11.6 Å². The molecule has 0 aromatic heterocycles. The molecule has 1 saturated heterocycles. The molecule has 0 bridgehead atoms. The van der Waals surface area contributed by atoms with Crippen LogP contribution in [0.5, 0.6) is 0 Å². The second kappa shape index (κ2) is 6.13. The summed E-state index contributed by atoms with van der Waals surface area (Å²) in [6.07, 6.45) is 1.56. The van der Waals surface area contributed by atoms with Gasteiger partial charge in [-0.05, 0) is 31.5 Å². The highest BCUT2D eigenvalue weighted by molar-refractivity contribution is 6.30. The van der Waals surface area contributed by atoms with Gasteiger partial charge in [0.25, 0.3) is 0 Å². The highest BCUT2D eigenvalue weighted by Crippen LogP contribution is 2.21. The van der Waals surface area contributed by atoms with Gasteiger partial charge in [-0.1, -0.05) is 11.6 Å². The summed E-state index contributed by atoms with van der Waals surface area (Å²) < 4.78 is 27.1. The maximum absolute atomic E-state index is 13.6. The Balaban J connectivity index is 1.94. The van der Waals surface area contributed by atoms with Crippen molar-refractivity contribution in [2.45, 2.75) is 25.0 Å². The molecule has 1 aliphatic heterocycles. The maximum Gasteiger partial charge on any atom is 0.149 e. The number of β-amino-alcohol motifs (C(OH)–C–C–N with tert-alkyl or cyclic N) is 1. The average molecular weight is 291 g/mol. The van der Waals surface area contributed by atoms with Crippen LogP contribution in [0, 0.1) is 11.6 Å². The Morgan fingerprint density at radius 2 is 2.21 bits per heavy atom. The molecule has 0 spiro atoms. The van der Waals surface area contributed by atoms with Crippen molar-refractivity contribution < 1.29 is 13.9 Å². The van der Waals surface area contributed by atoms with Crippen LogP contribution in [0.25, 0.3) is 0 Å². The smallest absolute Gasteiger partial charge is 0.149 e. The van der Waals surface area contributed by atoms with Crippen LogP contribution in [0.15, 0.2) is 12.1 Å². The fourth-order valence-electron chi connectivity index (χ4n) is 2.25. The first kappa shape index (κ1) is 14.7. The average Bonchev–Trinajstić information content (AvgIpc) is 2.39. The van der Waals surface area contributed by atoms with Gasteiger partial charge < -0.3 is 15.7 Å². The zero-order valence-electron chi connectivity index (χ0n) is 10.5. The Labute approximate surface area is 116 Å². The van der Waals surface area contributed by atoms with Crippen LogP contribution in [0.3, 0.4) is 0 Å². The molecule has 1 unspecified atom stereocenters. The van der Waals surface area contributed by atoms with E-state index < -0.39 is 17.2 Å². The molecule has 106 valence electrons. The van der Waals surface area contributed by atoms with Crippen molar-refractivity contribution in [1.29, 1.82) is 0 Å². The second-order valence-corrected chi connectivity index (χ2v) is 5.34. The number of benzene rings is 1. The van der Waals surface area contributed by atoms with Gasteiger partial charge in [-0.25, -0.2) is 8.78 Å². The standard InChI is InChI=1S/C13H17ClF2N2O/c14-10-2-3-11(15)9(12(10)16)6-18-8-13(19)4-1-5-17-7-13/h2-3,17-19H,1,4-8H2. The van der Waals surface area contributed by atoms with Crippen molar-refractivity contribution in [2.24, 2.45) is 0 Å². The molecule has 1 aliphatic rings. The molecule has 1 fully saturated rings. The summed E-state index contributed by atoms with van der Waals surface area (Å²) in [4.78, 5) is 0. The molecule has 3 N–H and O–H groups in total. The molecule has 2 rings (SSSR count). The molecule has 1 atom stereocenters. The lowest BCUT2D eigenvalue weighted by molar-refractivity contribution is 0.0168. The SMILES string of the molecule is OC1(CNCc2c(F)ccc(Cl)c2F)CCCNC1. The van der Waals surface area contributed by atoms with Crippen LogP contribution in [0.1, 0.15) is 18.4 Å². The Morgan fingerprint density at radius 3 is 2.89 bits per heavy atom. The minimum Gasteiger partial charge on any atom is -0.387 e. The summed E-state index contributed by atoms with van der Waals surface area (Å²) in [5, 5.41) is 16.1. The van der Waals surface area contributed by atoms with Crippen LogP contribution < -0.4 is 10.6 Å². The highest BCUT2D eigenvalue weighted by Gasteiger charge is 2.28. The number of aliphatic hydroxyl groups is 1. The van der Waals surface area contributed by atoms with E-state index in [-0.39, 0.29) is 23.7 Å². The monoisotopic (exact) mass is 290 g/mol. The van der Waals surface area contributed by atoms with E-state index in [2.05, 4.69) is 10.6 Å². The van der Waals surface area contributed by atoms with Crippen molar-refractivity contribution in [3.63, 3.8) is 0 Å². The van der Waals surface area contributed by atoms with E-state index in [1.807, 2.05) is 0 Å². The van der Waals surface area contributed by atoms with Gasteiger partial charge in [0, 0.05) is 25.2 Å². The third kappa shape index (κ3) is 3.63. The van der Waals surface area contributed by atoms with Gasteiger partial charge in [0.15, 0.2) is 0 Å². The Hall–Kier alpha value is -0.750. The van der Waals surface area contributed by atoms with Crippen LogP contribution in [0.2, 0.25) is 5.02 Å². The van der Waals surface area contributed by atoms with Crippen LogP contribution in [0.4, 0.5) is 8.78 Å². The molecule has 0 aliphatic carbocycles. The first-order valence-electron chi connectivity index (χ1n) is 6.28. The normalized spacial score (nSPS) is 23.6. The predicted octanol–water partition coefficient (Wildman–Crippen LogP) is 1.82. The van der Waals surface area contributed by atoms with Gasteiger partial charge >= 0.3 is 0 Å². The predicted molar refractivity (Wildman–Crippen MR) is 70.1 cm³/mol. The van der Waals surface area contributed by atoms with Crippen molar-refractivity contribution in [3.8, 4) is 0 Å². The lowest BCUT2D eigenvalue weighted by Crippen LogP contribution is -2.51. The fraction of sp³-hybridized carbons (Fsp3) is 0.538. The van der Waals surface area contributed by atoms with Crippen LogP contribution >= 0.6 is 11.6 Å². The Kier molecular flexibility index (Phi) is 4.73. The number of nitrogens with one attached hydrogen (secondary N) is 2. The summed E-state index contributed by atoms with van der Waals surface area (Å²) >= 11 is 5.61. The molecule has 19 heavy (non-hydrogen) atoms. The van der Waals surface area contributed by atoms with Crippen molar-refractivity contribution in [1.82, 2.24) is 10.6 Å². The Bertz CT molecular complexity index is 451. The van der Waals surface area contributed by atoms with E-state index in [1.54, 1.807) is 0 Å². The summed E-state index contributed by atoms with van der Waals surface area (Å²) in [5.74, 6) is -1.38. The lowest BCUT2D eigenvalue weighted by atomic mass is 9.94. The summed E-state index contributed by atoms with van der Waals surface area (Å²) in [7, 11) is 0. The molecular weight excluding hydrogens is 274 g/mol. The van der Waals surface area contributed by atoms with Gasteiger partial charge in [0.05, 0.1) is 10.6 Å². The van der Waals surface area contributed by atoms with E-state index in [0.29, 0.717) is 13.0 Å². The summed E-state index contributed by atoms with van der Waals surface area (Å²) in [5.41, 5.74) is -0.955. The minimum absolute atomic E-state index is 0.000532. The topological polar surface area (TPSA) is 44.3 Å². The van der Waals surface area contributed by atoms with Crippen molar-refractivity contribution in [2.75, 3.05) is 19.6 Å². The highest BCUT2D eigenvalue weighted by atomic mass is 35.5. The van der Waals surface area contributed by atoms with Crippen LogP contribution in [-0.4, -0.2) is 30.3 Å². The molecule has 0 amide bonds. The third-order valence-corrected chi connectivity index (χ3v) is 3.64. The van der Waals surface area contributed by atoms with E-state index >= 15 is 0 Å². The molecule has 0 saturated carbocycles. The zero-order valence-corrected chi connectivity index (χ0v) is 11.2. The first-order chi connectivity index (χ1) is 9.02. The molecule has 1 aromatic carbocycles. The number of halogens is 3. The molecule has 0 radical (unpaired) electrons. The van der Waals surface area contributed by atoms with Crippen molar-refractivity contribution >= 4 is 11.6 Å². The largest absolute Gasteiger partial charge is 0.387 e. The number of hydrogen-bond donors (Lipinski definition) is 3. The van der Waals surface area contributed by atoms with Gasteiger partial charge in [-0.3, -0.25) is 0 Å². The fourth-order valence-corrected chi connectivity index (χ4v) is 2.43. The second-order valence-electron chi connectivity index (χ2n) is 4.93. The van der Waals surface area contributed by atoms with E-state index in [1.165, 1.54) is 6.07 Å².